The summed E-state index contributed by atoms with van der Waals surface area (Å²) in [6.07, 6.45) is 0. The highest BCUT2D eigenvalue weighted by molar-refractivity contribution is 5.89. The molecule has 18 heavy (non-hydrogen) atoms. The maximum absolute atomic E-state index is 13.2. The molecule has 1 aromatic rings. The molecule has 1 aromatic carbocycles. The van der Waals surface area contributed by atoms with Crippen LogP contribution < -0.4 is 0 Å². The fourth-order valence-electron chi connectivity index (χ4n) is 1.20. The SMILES string of the molecule is CCOCCOC(=O)c1ccc([N+](=O)[O-])c(F)c1. The summed E-state index contributed by atoms with van der Waals surface area (Å²) in [5.74, 6) is -1.82. The van der Waals surface area contributed by atoms with Crippen LogP contribution in [0.2, 0.25) is 0 Å². The van der Waals surface area contributed by atoms with E-state index < -0.39 is 22.4 Å². The molecule has 0 spiro atoms. The van der Waals surface area contributed by atoms with Gasteiger partial charge in [-0.1, -0.05) is 0 Å². The molecule has 1 rings (SSSR count). The highest BCUT2D eigenvalue weighted by atomic mass is 19.1. The number of hydrogen-bond acceptors (Lipinski definition) is 5. The summed E-state index contributed by atoms with van der Waals surface area (Å²) in [7, 11) is 0. The lowest BCUT2D eigenvalue weighted by atomic mass is 10.2. The van der Waals surface area contributed by atoms with E-state index in [0.717, 1.165) is 18.2 Å². The van der Waals surface area contributed by atoms with Crippen LogP contribution in [0.15, 0.2) is 18.2 Å². The summed E-state index contributed by atoms with van der Waals surface area (Å²) < 4.78 is 23.0. The summed E-state index contributed by atoms with van der Waals surface area (Å²) >= 11 is 0. The van der Waals surface area contributed by atoms with Crippen molar-refractivity contribution >= 4 is 11.7 Å². The van der Waals surface area contributed by atoms with Crippen molar-refractivity contribution in [1.82, 2.24) is 0 Å². The molecule has 0 radical (unpaired) electrons. The number of esters is 1. The van der Waals surface area contributed by atoms with Crippen molar-refractivity contribution in [3.05, 3.63) is 39.7 Å². The average molecular weight is 257 g/mol. The number of nitro groups is 1. The van der Waals surface area contributed by atoms with Crippen LogP contribution in [0.3, 0.4) is 0 Å². The molecule has 6 nitrogen and oxygen atoms in total. The first kappa shape index (κ1) is 14.0. The molecule has 0 bridgehead atoms. The molecular formula is C11H12FNO5. The third-order valence-electron chi connectivity index (χ3n) is 2.05. The molecule has 7 heteroatoms. The van der Waals surface area contributed by atoms with Crippen LogP contribution in [-0.2, 0) is 9.47 Å². The number of halogens is 1. The number of ether oxygens (including phenoxy) is 2. The predicted molar refractivity (Wildman–Crippen MR) is 59.8 cm³/mol. The van der Waals surface area contributed by atoms with E-state index in [1.807, 2.05) is 0 Å². The van der Waals surface area contributed by atoms with Crippen molar-refractivity contribution < 1.29 is 23.6 Å². The number of nitrogens with zero attached hydrogens (tertiary/aromatic N) is 1. The number of nitro benzene ring substituents is 1. The fraction of sp³-hybridized carbons (Fsp3) is 0.364. The van der Waals surface area contributed by atoms with Gasteiger partial charge >= 0.3 is 11.7 Å². The number of rotatable bonds is 6. The van der Waals surface area contributed by atoms with E-state index in [2.05, 4.69) is 0 Å². The highest BCUT2D eigenvalue weighted by Crippen LogP contribution is 2.18. The van der Waals surface area contributed by atoms with E-state index in [4.69, 9.17) is 9.47 Å². The molecule has 0 heterocycles. The topological polar surface area (TPSA) is 78.7 Å². The Balaban J connectivity index is 2.64. The fourth-order valence-corrected chi connectivity index (χ4v) is 1.20. The molecule has 0 aliphatic carbocycles. The van der Waals surface area contributed by atoms with Crippen molar-refractivity contribution in [3.8, 4) is 0 Å². The monoisotopic (exact) mass is 257 g/mol. The van der Waals surface area contributed by atoms with E-state index in [1.54, 1.807) is 6.92 Å². The lowest BCUT2D eigenvalue weighted by Gasteiger charge is -2.04. The third kappa shape index (κ3) is 3.77. The number of carbonyl (C=O) groups excluding carboxylic acids is 1. The summed E-state index contributed by atoms with van der Waals surface area (Å²) in [6, 6.07) is 2.85. The Morgan fingerprint density at radius 3 is 2.72 bits per heavy atom. The standard InChI is InChI=1S/C11H12FNO5/c1-2-17-5-6-18-11(14)8-3-4-10(13(15)16)9(12)7-8/h3-4,7H,2,5-6H2,1H3. The Labute approximate surface area is 102 Å². The van der Waals surface area contributed by atoms with Gasteiger partial charge in [0.05, 0.1) is 17.1 Å². The van der Waals surface area contributed by atoms with Crippen molar-refractivity contribution in [3.63, 3.8) is 0 Å². The summed E-state index contributed by atoms with van der Waals surface area (Å²) in [5, 5.41) is 10.4. The van der Waals surface area contributed by atoms with Crippen LogP contribution in [0.25, 0.3) is 0 Å². The Bertz CT molecular complexity index is 449. The molecule has 0 N–H and O–H groups in total. The van der Waals surface area contributed by atoms with Crippen molar-refractivity contribution in [1.29, 1.82) is 0 Å². The van der Waals surface area contributed by atoms with Gasteiger partial charge in [0.25, 0.3) is 0 Å². The Morgan fingerprint density at radius 1 is 1.44 bits per heavy atom. The third-order valence-corrected chi connectivity index (χ3v) is 2.05. The number of benzene rings is 1. The minimum Gasteiger partial charge on any atom is -0.460 e. The molecule has 0 saturated heterocycles. The minimum atomic E-state index is -1.07. The molecule has 0 fully saturated rings. The molecular weight excluding hydrogens is 245 g/mol. The van der Waals surface area contributed by atoms with Gasteiger partial charge in [-0.15, -0.1) is 0 Å². The molecule has 0 aliphatic heterocycles. The second-order valence-corrected chi connectivity index (χ2v) is 3.26. The predicted octanol–water partition coefficient (Wildman–Crippen LogP) is 1.93. The molecule has 98 valence electrons. The van der Waals surface area contributed by atoms with Gasteiger partial charge < -0.3 is 9.47 Å². The van der Waals surface area contributed by atoms with Gasteiger partial charge in [0, 0.05) is 12.7 Å². The zero-order valence-corrected chi connectivity index (χ0v) is 9.72. The van der Waals surface area contributed by atoms with Gasteiger partial charge in [-0.3, -0.25) is 10.1 Å². The lowest BCUT2D eigenvalue weighted by molar-refractivity contribution is -0.387. The van der Waals surface area contributed by atoms with Gasteiger partial charge in [0.15, 0.2) is 0 Å². The maximum atomic E-state index is 13.2. The Kier molecular flexibility index (Phi) is 5.19. The highest BCUT2D eigenvalue weighted by Gasteiger charge is 2.17. The molecule has 0 unspecified atom stereocenters. The van der Waals surface area contributed by atoms with Crippen molar-refractivity contribution in [2.75, 3.05) is 19.8 Å². The van der Waals surface area contributed by atoms with E-state index in [1.165, 1.54) is 0 Å². The van der Waals surface area contributed by atoms with Gasteiger partial charge in [-0.2, -0.15) is 4.39 Å². The quantitative estimate of drug-likeness (QED) is 0.336. The molecule has 0 amide bonds. The zero-order chi connectivity index (χ0) is 13.5. The van der Waals surface area contributed by atoms with E-state index in [9.17, 15) is 19.3 Å². The summed E-state index contributed by atoms with van der Waals surface area (Å²) in [5.41, 5.74) is -0.754. The van der Waals surface area contributed by atoms with Gasteiger partial charge in [0.1, 0.15) is 6.61 Å². The number of carbonyl (C=O) groups is 1. The summed E-state index contributed by atoms with van der Waals surface area (Å²) in [6.45, 7) is 2.60. The van der Waals surface area contributed by atoms with Crippen LogP contribution in [0.1, 0.15) is 17.3 Å². The maximum Gasteiger partial charge on any atom is 0.338 e. The molecule has 0 atom stereocenters. The van der Waals surface area contributed by atoms with E-state index >= 15 is 0 Å². The largest absolute Gasteiger partial charge is 0.460 e. The second-order valence-electron chi connectivity index (χ2n) is 3.26. The smallest absolute Gasteiger partial charge is 0.338 e. The number of hydrogen-bond donors (Lipinski definition) is 0. The zero-order valence-electron chi connectivity index (χ0n) is 9.72. The Morgan fingerprint density at radius 2 is 2.17 bits per heavy atom. The minimum absolute atomic E-state index is 0.0469. The van der Waals surface area contributed by atoms with Crippen LogP contribution in [0, 0.1) is 15.9 Å². The van der Waals surface area contributed by atoms with Crippen molar-refractivity contribution in [2.24, 2.45) is 0 Å². The first-order valence-corrected chi connectivity index (χ1v) is 5.25. The summed E-state index contributed by atoms with van der Waals surface area (Å²) in [4.78, 5) is 20.9. The Hall–Kier alpha value is -2.02. The van der Waals surface area contributed by atoms with Crippen LogP contribution in [0.5, 0.6) is 0 Å². The van der Waals surface area contributed by atoms with Crippen LogP contribution >= 0.6 is 0 Å². The van der Waals surface area contributed by atoms with Gasteiger partial charge in [-0.05, 0) is 19.1 Å². The normalized spacial score (nSPS) is 10.1. The second kappa shape index (κ2) is 6.65. The first-order chi connectivity index (χ1) is 8.56. The van der Waals surface area contributed by atoms with Crippen LogP contribution in [-0.4, -0.2) is 30.7 Å². The van der Waals surface area contributed by atoms with E-state index in [0.29, 0.717) is 6.61 Å². The van der Waals surface area contributed by atoms with E-state index in [-0.39, 0.29) is 18.8 Å². The molecule has 0 saturated carbocycles. The van der Waals surface area contributed by atoms with Gasteiger partial charge in [-0.25, -0.2) is 4.79 Å². The molecule has 0 aromatic heterocycles. The van der Waals surface area contributed by atoms with Crippen molar-refractivity contribution in [2.45, 2.75) is 6.92 Å². The first-order valence-electron chi connectivity index (χ1n) is 5.25. The van der Waals surface area contributed by atoms with Crippen LogP contribution in [0.4, 0.5) is 10.1 Å². The average Bonchev–Trinajstić information content (AvgIpc) is 2.33. The van der Waals surface area contributed by atoms with Gasteiger partial charge in [0.2, 0.25) is 5.82 Å². The lowest BCUT2D eigenvalue weighted by Crippen LogP contribution is -2.11. The molecule has 0 aliphatic rings.